The maximum atomic E-state index is 12.8. The summed E-state index contributed by atoms with van der Waals surface area (Å²) in [6, 6.07) is 18.0. The molecule has 7 heteroatoms. The Kier molecular flexibility index (Phi) is 8.25. The summed E-state index contributed by atoms with van der Waals surface area (Å²) in [4.78, 5) is 16.2. The molecular weight excluding hydrogens is 438 g/mol. The first-order valence-electron chi connectivity index (χ1n) is 10.8. The first-order valence-corrected chi connectivity index (χ1v) is 12.0. The fraction of sp³-hybridized carbons (Fsp3) is 0.280. The number of nitrogens with one attached hydrogen (secondary N) is 2. The lowest BCUT2D eigenvalue weighted by Crippen LogP contribution is -2.22. The molecule has 168 valence electrons. The van der Waals surface area contributed by atoms with Gasteiger partial charge in [-0.15, -0.1) is 11.3 Å². The maximum absolute atomic E-state index is 12.8. The van der Waals surface area contributed by atoms with Crippen LogP contribution in [0.25, 0.3) is 11.1 Å². The second kappa shape index (κ2) is 11.1. The molecule has 0 saturated carbocycles. The third-order valence-corrected chi connectivity index (χ3v) is 6.33. The van der Waals surface area contributed by atoms with Crippen molar-refractivity contribution in [1.29, 1.82) is 0 Å². The van der Waals surface area contributed by atoms with Crippen molar-refractivity contribution in [1.82, 2.24) is 0 Å². The summed E-state index contributed by atoms with van der Waals surface area (Å²) < 4.78 is 5.36. The van der Waals surface area contributed by atoms with Gasteiger partial charge in [-0.2, -0.15) is 0 Å². The predicted octanol–water partition coefficient (Wildman–Crippen LogP) is 6.56. The van der Waals surface area contributed by atoms with Gasteiger partial charge in [0.1, 0.15) is 10.6 Å². The summed E-state index contributed by atoms with van der Waals surface area (Å²) in [5.41, 5.74) is 4.42. The Morgan fingerprint density at radius 3 is 2.25 bits per heavy atom. The zero-order chi connectivity index (χ0) is 23.1. The van der Waals surface area contributed by atoms with Gasteiger partial charge in [-0.1, -0.05) is 30.3 Å². The topological polar surface area (TPSA) is 53.6 Å². The summed E-state index contributed by atoms with van der Waals surface area (Å²) in [5.74, 6) is -0.357. The largest absolute Gasteiger partial charge is 0.462 e. The van der Waals surface area contributed by atoms with Crippen LogP contribution in [-0.4, -0.2) is 30.8 Å². The van der Waals surface area contributed by atoms with Gasteiger partial charge in [0.25, 0.3) is 0 Å². The van der Waals surface area contributed by atoms with Gasteiger partial charge in [0, 0.05) is 34.9 Å². The summed E-state index contributed by atoms with van der Waals surface area (Å²) in [7, 11) is 0. The molecular formula is C25H29N3O2S2. The van der Waals surface area contributed by atoms with Crippen molar-refractivity contribution in [2.24, 2.45) is 0 Å². The number of carbonyl (C=O) groups excluding carboxylic acids is 1. The van der Waals surface area contributed by atoms with Crippen molar-refractivity contribution in [2.75, 3.05) is 35.2 Å². The van der Waals surface area contributed by atoms with Crippen LogP contribution in [0.15, 0.2) is 54.6 Å². The predicted molar refractivity (Wildman–Crippen MR) is 140 cm³/mol. The average molecular weight is 468 g/mol. The standard InChI is InChI=1S/C25H29N3O2S2/c1-5-28(6-2)20-15-13-19(14-16-20)26-25(31)27-23-22(24(29)30-7-3)21(17(4)32-23)18-11-9-8-10-12-18/h8-16H,5-7H2,1-4H3,(H2,26,27,31). The Labute approximate surface area is 199 Å². The number of thiophene rings is 1. The van der Waals surface area contributed by atoms with Crippen LogP contribution in [0.4, 0.5) is 16.4 Å². The maximum Gasteiger partial charge on any atom is 0.341 e. The van der Waals surface area contributed by atoms with E-state index in [1.807, 2.05) is 49.4 Å². The molecule has 0 saturated heterocycles. The van der Waals surface area contributed by atoms with Crippen LogP contribution < -0.4 is 15.5 Å². The zero-order valence-corrected chi connectivity index (χ0v) is 20.5. The van der Waals surface area contributed by atoms with E-state index >= 15 is 0 Å². The highest BCUT2D eigenvalue weighted by molar-refractivity contribution is 7.80. The van der Waals surface area contributed by atoms with Crippen LogP contribution in [-0.2, 0) is 4.74 Å². The summed E-state index contributed by atoms with van der Waals surface area (Å²) in [6.07, 6.45) is 0. The minimum absolute atomic E-state index is 0.309. The molecule has 0 spiro atoms. The van der Waals surface area contributed by atoms with Crippen LogP contribution in [0, 0.1) is 6.92 Å². The fourth-order valence-electron chi connectivity index (χ4n) is 3.59. The number of ether oxygens (including phenoxy) is 1. The van der Waals surface area contributed by atoms with E-state index in [-0.39, 0.29) is 5.97 Å². The second-order valence-corrected chi connectivity index (χ2v) is 8.76. The molecule has 2 N–H and O–H groups in total. The summed E-state index contributed by atoms with van der Waals surface area (Å²) in [6.45, 7) is 10.3. The Balaban J connectivity index is 1.83. The summed E-state index contributed by atoms with van der Waals surface area (Å²) >= 11 is 7.05. The van der Waals surface area contributed by atoms with E-state index < -0.39 is 0 Å². The normalized spacial score (nSPS) is 10.5. The minimum atomic E-state index is -0.357. The first-order chi connectivity index (χ1) is 15.5. The molecule has 0 aliphatic heterocycles. The molecule has 1 heterocycles. The van der Waals surface area contributed by atoms with Gasteiger partial charge in [0.15, 0.2) is 5.11 Å². The van der Waals surface area contributed by atoms with E-state index in [9.17, 15) is 4.79 Å². The molecule has 3 aromatic rings. The highest BCUT2D eigenvalue weighted by Crippen LogP contribution is 2.40. The van der Waals surface area contributed by atoms with E-state index in [0.29, 0.717) is 22.3 Å². The van der Waals surface area contributed by atoms with E-state index in [0.717, 1.165) is 34.8 Å². The van der Waals surface area contributed by atoms with Crippen molar-refractivity contribution in [3.63, 3.8) is 0 Å². The van der Waals surface area contributed by atoms with Crippen molar-refractivity contribution < 1.29 is 9.53 Å². The molecule has 2 aromatic carbocycles. The molecule has 0 aliphatic rings. The third-order valence-electron chi connectivity index (χ3n) is 5.11. The van der Waals surface area contributed by atoms with Gasteiger partial charge in [-0.25, -0.2) is 4.79 Å². The number of hydrogen-bond donors (Lipinski definition) is 2. The number of esters is 1. The Morgan fingerprint density at radius 2 is 1.66 bits per heavy atom. The molecule has 32 heavy (non-hydrogen) atoms. The molecule has 0 bridgehead atoms. The minimum Gasteiger partial charge on any atom is -0.462 e. The number of aryl methyl sites for hydroxylation is 1. The number of nitrogens with zero attached hydrogens (tertiary/aromatic N) is 1. The number of anilines is 3. The van der Waals surface area contributed by atoms with Gasteiger partial charge in [-0.3, -0.25) is 0 Å². The lowest BCUT2D eigenvalue weighted by Gasteiger charge is -2.21. The van der Waals surface area contributed by atoms with Crippen molar-refractivity contribution in [3.05, 3.63) is 65.0 Å². The highest BCUT2D eigenvalue weighted by atomic mass is 32.1. The van der Waals surface area contributed by atoms with E-state index in [1.54, 1.807) is 6.92 Å². The second-order valence-electron chi connectivity index (χ2n) is 7.12. The Bertz CT molecular complexity index is 1060. The third kappa shape index (κ3) is 5.47. The van der Waals surface area contributed by atoms with Crippen LogP contribution >= 0.6 is 23.6 Å². The van der Waals surface area contributed by atoms with Gasteiger partial charge in [0.2, 0.25) is 0 Å². The van der Waals surface area contributed by atoms with Gasteiger partial charge < -0.3 is 20.3 Å². The molecule has 1 aromatic heterocycles. The lowest BCUT2D eigenvalue weighted by atomic mass is 10.0. The van der Waals surface area contributed by atoms with Gasteiger partial charge in [0.05, 0.1) is 6.61 Å². The van der Waals surface area contributed by atoms with Crippen molar-refractivity contribution >= 4 is 51.0 Å². The Hall–Kier alpha value is -2.90. The van der Waals surface area contributed by atoms with Crippen molar-refractivity contribution in [3.8, 4) is 11.1 Å². The highest BCUT2D eigenvalue weighted by Gasteiger charge is 2.24. The molecule has 0 radical (unpaired) electrons. The molecule has 0 atom stereocenters. The molecule has 0 amide bonds. The zero-order valence-electron chi connectivity index (χ0n) is 18.9. The molecule has 0 aliphatic carbocycles. The first kappa shape index (κ1) is 23.8. The molecule has 5 nitrogen and oxygen atoms in total. The molecule has 3 rings (SSSR count). The number of hydrogen-bond acceptors (Lipinski definition) is 5. The van der Waals surface area contributed by atoms with Crippen LogP contribution in [0.3, 0.4) is 0 Å². The van der Waals surface area contributed by atoms with Gasteiger partial charge >= 0.3 is 5.97 Å². The molecule has 0 unspecified atom stereocenters. The van der Waals surface area contributed by atoms with E-state index in [4.69, 9.17) is 17.0 Å². The molecule has 0 fully saturated rings. The van der Waals surface area contributed by atoms with Crippen LogP contribution in [0.1, 0.15) is 36.0 Å². The summed E-state index contributed by atoms with van der Waals surface area (Å²) in [5, 5.41) is 7.53. The average Bonchev–Trinajstić information content (AvgIpc) is 3.12. The van der Waals surface area contributed by atoms with Crippen LogP contribution in [0.5, 0.6) is 0 Å². The quantitative estimate of drug-likeness (QED) is 0.289. The van der Waals surface area contributed by atoms with E-state index in [2.05, 4.69) is 41.5 Å². The number of carbonyl (C=O) groups is 1. The SMILES string of the molecule is CCOC(=O)c1c(NC(=S)Nc2ccc(N(CC)CC)cc2)sc(C)c1-c1ccccc1. The smallest absolute Gasteiger partial charge is 0.341 e. The number of thiocarbonyl (C=S) groups is 1. The fourth-order valence-corrected chi connectivity index (χ4v) is 4.95. The van der Waals surface area contributed by atoms with Gasteiger partial charge in [-0.05, 0) is 69.7 Å². The van der Waals surface area contributed by atoms with Crippen molar-refractivity contribution in [2.45, 2.75) is 27.7 Å². The monoisotopic (exact) mass is 467 g/mol. The number of benzene rings is 2. The van der Waals surface area contributed by atoms with Crippen LogP contribution in [0.2, 0.25) is 0 Å². The lowest BCUT2D eigenvalue weighted by molar-refractivity contribution is 0.0529. The van der Waals surface area contributed by atoms with E-state index in [1.165, 1.54) is 17.0 Å². The Morgan fingerprint density at radius 1 is 1.00 bits per heavy atom. The number of rotatable bonds is 8.